The number of halogens is 1. The topological polar surface area (TPSA) is 90.0 Å². The van der Waals surface area contributed by atoms with Crippen molar-refractivity contribution in [3.8, 4) is 5.69 Å². The van der Waals surface area contributed by atoms with Gasteiger partial charge in [0.2, 0.25) is 0 Å². The summed E-state index contributed by atoms with van der Waals surface area (Å²) in [5.74, 6) is 0.376. The Morgan fingerprint density at radius 1 is 1.35 bits per heavy atom. The molecular formula is C12H15BrN4O2S. The van der Waals surface area contributed by atoms with Gasteiger partial charge in [-0.25, -0.2) is 13.1 Å². The molecule has 0 atom stereocenters. The van der Waals surface area contributed by atoms with Crippen molar-refractivity contribution in [2.45, 2.75) is 11.8 Å². The molecule has 6 nitrogen and oxygen atoms in total. The molecule has 1 heterocycles. The summed E-state index contributed by atoms with van der Waals surface area (Å²) < 4.78 is 26.1. The normalized spacial score (nSPS) is 11.6. The summed E-state index contributed by atoms with van der Waals surface area (Å²) in [6, 6.07) is 7.28. The van der Waals surface area contributed by atoms with Gasteiger partial charge in [0.05, 0.1) is 5.69 Å². The fourth-order valence-corrected chi connectivity index (χ4v) is 3.04. The van der Waals surface area contributed by atoms with E-state index in [2.05, 4.69) is 26.3 Å². The van der Waals surface area contributed by atoms with E-state index in [0.717, 1.165) is 10.7 Å². The minimum absolute atomic E-state index is 0.0299. The summed E-state index contributed by atoms with van der Waals surface area (Å²) in [5.41, 5.74) is 6.65. The van der Waals surface area contributed by atoms with Crippen molar-refractivity contribution in [1.29, 1.82) is 0 Å². The van der Waals surface area contributed by atoms with Crippen molar-refractivity contribution in [1.82, 2.24) is 9.78 Å². The predicted molar refractivity (Wildman–Crippen MR) is 82.9 cm³/mol. The highest BCUT2D eigenvalue weighted by Crippen LogP contribution is 2.29. The average molecular weight is 359 g/mol. The first-order valence-corrected chi connectivity index (χ1v) is 8.61. The zero-order valence-electron chi connectivity index (χ0n) is 11.1. The third-order valence-electron chi connectivity index (χ3n) is 2.66. The van der Waals surface area contributed by atoms with Crippen LogP contribution in [0.3, 0.4) is 0 Å². The molecule has 0 radical (unpaired) electrons. The van der Waals surface area contributed by atoms with Crippen LogP contribution < -0.4 is 11.1 Å². The highest BCUT2D eigenvalue weighted by molar-refractivity contribution is 9.10. The molecule has 0 bridgehead atoms. The number of rotatable bonds is 4. The summed E-state index contributed by atoms with van der Waals surface area (Å²) in [6.45, 7) is 2.42. The van der Waals surface area contributed by atoms with Crippen LogP contribution in [0.2, 0.25) is 0 Å². The highest BCUT2D eigenvalue weighted by atomic mass is 79.9. The SMILES string of the molecule is CCNc1nn(-c2ccc(Br)cc2)c(N)c1S(C)(=O)=O. The zero-order valence-corrected chi connectivity index (χ0v) is 13.5. The van der Waals surface area contributed by atoms with Gasteiger partial charge in [0.1, 0.15) is 5.82 Å². The molecule has 8 heteroatoms. The third-order valence-corrected chi connectivity index (χ3v) is 4.33. The Hall–Kier alpha value is -1.54. The van der Waals surface area contributed by atoms with E-state index in [0.29, 0.717) is 12.2 Å². The van der Waals surface area contributed by atoms with E-state index in [1.807, 2.05) is 19.1 Å². The molecule has 2 aromatic rings. The van der Waals surface area contributed by atoms with Gasteiger partial charge < -0.3 is 11.1 Å². The van der Waals surface area contributed by atoms with Crippen molar-refractivity contribution in [2.75, 3.05) is 23.9 Å². The van der Waals surface area contributed by atoms with Crippen LogP contribution in [0.15, 0.2) is 33.6 Å². The molecule has 1 aromatic heterocycles. The van der Waals surface area contributed by atoms with Gasteiger partial charge in [-0.2, -0.15) is 0 Å². The minimum Gasteiger partial charge on any atom is -0.382 e. The van der Waals surface area contributed by atoms with Crippen LogP contribution in [-0.4, -0.2) is 31.0 Å². The summed E-state index contributed by atoms with van der Waals surface area (Å²) >= 11 is 3.34. The summed E-state index contributed by atoms with van der Waals surface area (Å²) in [4.78, 5) is 0.0299. The number of hydrogen-bond acceptors (Lipinski definition) is 5. The van der Waals surface area contributed by atoms with E-state index in [1.54, 1.807) is 12.1 Å². The maximum absolute atomic E-state index is 11.9. The molecule has 3 N–H and O–H groups in total. The smallest absolute Gasteiger partial charge is 0.182 e. The van der Waals surface area contributed by atoms with E-state index in [9.17, 15) is 8.42 Å². The molecule has 0 spiro atoms. The minimum atomic E-state index is -3.46. The van der Waals surface area contributed by atoms with Gasteiger partial charge in [0.25, 0.3) is 0 Å². The summed E-state index contributed by atoms with van der Waals surface area (Å²) in [6.07, 6.45) is 1.12. The van der Waals surface area contributed by atoms with Crippen LogP contribution >= 0.6 is 15.9 Å². The Balaban J connectivity index is 2.64. The molecule has 0 saturated carbocycles. The molecule has 20 heavy (non-hydrogen) atoms. The lowest BCUT2D eigenvalue weighted by Gasteiger charge is -2.04. The first-order chi connectivity index (χ1) is 9.34. The molecule has 0 aliphatic heterocycles. The Kier molecular flexibility index (Phi) is 4.05. The second kappa shape index (κ2) is 5.45. The number of aromatic nitrogens is 2. The Morgan fingerprint density at radius 2 is 1.95 bits per heavy atom. The van der Waals surface area contributed by atoms with Crippen LogP contribution in [0.5, 0.6) is 0 Å². The van der Waals surface area contributed by atoms with Gasteiger partial charge >= 0.3 is 0 Å². The van der Waals surface area contributed by atoms with Crippen molar-refractivity contribution < 1.29 is 8.42 Å². The third kappa shape index (κ3) is 2.80. The number of hydrogen-bond donors (Lipinski definition) is 2. The van der Waals surface area contributed by atoms with Crippen molar-refractivity contribution >= 4 is 37.4 Å². The molecule has 0 unspecified atom stereocenters. The van der Waals surface area contributed by atoms with Crippen molar-refractivity contribution in [3.05, 3.63) is 28.7 Å². The van der Waals surface area contributed by atoms with E-state index < -0.39 is 9.84 Å². The standard InChI is InChI=1S/C12H15BrN4O2S/c1-3-15-12-10(20(2,18)19)11(14)17(16-12)9-6-4-8(13)5-7-9/h4-7H,3,14H2,1-2H3,(H,15,16). The largest absolute Gasteiger partial charge is 0.382 e. The fraction of sp³-hybridized carbons (Fsp3) is 0.250. The van der Waals surface area contributed by atoms with Gasteiger partial charge in [-0.05, 0) is 31.2 Å². The lowest BCUT2D eigenvalue weighted by atomic mass is 10.3. The second-order valence-corrected chi connectivity index (χ2v) is 7.12. The number of nitrogen functional groups attached to an aromatic ring is 1. The molecular weight excluding hydrogens is 344 g/mol. The fourth-order valence-electron chi connectivity index (χ4n) is 1.84. The number of benzene rings is 1. The van der Waals surface area contributed by atoms with E-state index in [4.69, 9.17) is 5.73 Å². The van der Waals surface area contributed by atoms with E-state index >= 15 is 0 Å². The number of anilines is 2. The predicted octanol–water partition coefficient (Wildman–Crippen LogP) is 2.05. The lowest BCUT2D eigenvalue weighted by molar-refractivity contribution is 0.602. The lowest BCUT2D eigenvalue weighted by Crippen LogP contribution is -2.06. The quantitative estimate of drug-likeness (QED) is 0.872. The molecule has 2 rings (SSSR count). The highest BCUT2D eigenvalue weighted by Gasteiger charge is 2.24. The van der Waals surface area contributed by atoms with Gasteiger partial charge in [-0.1, -0.05) is 15.9 Å². The first-order valence-electron chi connectivity index (χ1n) is 5.93. The second-order valence-electron chi connectivity index (χ2n) is 4.25. The van der Waals surface area contributed by atoms with Crippen LogP contribution in [0.25, 0.3) is 5.69 Å². The van der Waals surface area contributed by atoms with Crippen LogP contribution in [0, 0.1) is 0 Å². The number of nitrogens with one attached hydrogen (secondary N) is 1. The molecule has 0 fully saturated rings. The monoisotopic (exact) mass is 358 g/mol. The van der Waals surface area contributed by atoms with Crippen LogP contribution in [0.1, 0.15) is 6.92 Å². The molecule has 0 aliphatic carbocycles. The Morgan fingerprint density at radius 3 is 2.45 bits per heavy atom. The molecule has 0 aliphatic rings. The van der Waals surface area contributed by atoms with Gasteiger partial charge in [0.15, 0.2) is 20.6 Å². The van der Waals surface area contributed by atoms with Crippen molar-refractivity contribution in [2.24, 2.45) is 0 Å². The molecule has 1 aromatic carbocycles. The molecule has 0 saturated heterocycles. The maximum atomic E-state index is 11.9. The maximum Gasteiger partial charge on any atom is 0.182 e. The van der Waals surface area contributed by atoms with E-state index in [-0.39, 0.29) is 16.5 Å². The van der Waals surface area contributed by atoms with E-state index in [1.165, 1.54) is 4.68 Å². The zero-order chi connectivity index (χ0) is 14.9. The van der Waals surface area contributed by atoms with Crippen LogP contribution in [0.4, 0.5) is 11.6 Å². The van der Waals surface area contributed by atoms with Gasteiger partial charge in [-0.15, -0.1) is 5.10 Å². The summed E-state index contributed by atoms with van der Waals surface area (Å²) in [7, 11) is -3.46. The molecule has 108 valence electrons. The Bertz CT molecular complexity index is 723. The number of nitrogens with zero attached hydrogens (tertiary/aromatic N) is 2. The van der Waals surface area contributed by atoms with Crippen LogP contribution in [-0.2, 0) is 9.84 Å². The van der Waals surface area contributed by atoms with Gasteiger partial charge in [-0.3, -0.25) is 0 Å². The first kappa shape index (κ1) is 14.9. The van der Waals surface area contributed by atoms with Crippen molar-refractivity contribution in [3.63, 3.8) is 0 Å². The number of sulfone groups is 1. The molecule has 0 amide bonds. The summed E-state index contributed by atoms with van der Waals surface area (Å²) in [5, 5.41) is 7.18. The van der Waals surface area contributed by atoms with Gasteiger partial charge in [0, 0.05) is 17.3 Å². The number of nitrogens with two attached hydrogens (primary N) is 1. The average Bonchev–Trinajstić information content (AvgIpc) is 2.67. The Labute approximate surface area is 126 Å².